The van der Waals surface area contributed by atoms with E-state index in [0.717, 1.165) is 28.3 Å². The molecule has 2 amide bonds. The van der Waals surface area contributed by atoms with E-state index >= 15 is 0 Å². The van der Waals surface area contributed by atoms with Crippen LogP contribution >= 0.6 is 0 Å². The van der Waals surface area contributed by atoms with Gasteiger partial charge in [0, 0.05) is 25.6 Å². The van der Waals surface area contributed by atoms with Crippen LogP contribution in [0.3, 0.4) is 0 Å². The van der Waals surface area contributed by atoms with E-state index in [1.54, 1.807) is 18.2 Å². The van der Waals surface area contributed by atoms with Crippen molar-refractivity contribution in [1.29, 1.82) is 0 Å². The van der Waals surface area contributed by atoms with Crippen molar-refractivity contribution in [3.8, 4) is 11.5 Å². The van der Waals surface area contributed by atoms with Crippen LogP contribution in [0.2, 0.25) is 0 Å². The van der Waals surface area contributed by atoms with Crippen LogP contribution in [0, 0.1) is 0 Å². The number of hydrogen-bond donors (Lipinski definition) is 1. The number of hydrogen-bond acceptors (Lipinski definition) is 6. The molecule has 1 aliphatic heterocycles. The number of fused-ring (bicyclic) bond motifs is 1. The van der Waals surface area contributed by atoms with Crippen molar-refractivity contribution in [2.75, 3.05) is 29.9 Å². The lowest BCUT2D eigenvalue weighted by Gasteiger charge is -2.33. The number of carbonyl (C=O) groups is 2. The number of amides is 2. The van der Waals surface area contributed by atoms with Gasteiger partial charge in [0.05, 0.1) is 11.4 Å². The van der Waals surface area contributed by atoms with Crippen molar-refractivity contribution in [2.24, 2.45) is 0 Å². The molecule has 9 nitrogen and oxygen atoms in total. The Hall–Kier alpha value is -4.05. The number of ether oxygens (including phenoxy) is 2. The summed E-state index contributed by atoms with van der Waals surface area (Å²) in [6, 6.07) is 22.8. The molecule has 0 unspecified atom stereocenters. The molecular weight excluding hydrogens is 542 g/mol. The number of nitrogens with zero attached hydrogens (tertiary/aromatic N) is 2. The number of unbranched alkanes of at least 4 members (excludes halogenated alkanes) is 1. The zero-order valence-electron chi connectivity index (χ0n) is 23.5. The average Bonchev–Trinajstić information content (AvgIpc) is 3.46. The second-order valence-corrected chi connectivity index (χ2v) is 12.0. The molecule has 0 aliphatic carbocycles. The van der Waals surface area contributed by atoms with Gasteiger partial charge in [-0.1, -0.05) is 74.0 Å². The molecule has 0 saturated heterocycles. The molecule has 0 bridgehead atoms. The summed E-state index contributed by atoms with van der Waals surface area (Å²) in [6.07, 6.45) is 2.00. The number of sulfonamides is 1. The van der Waals surface area contributed by atoms with Crippen molar-refractivity contribution in [2.45, 2.75) is 45.7 Å². The smallest absolute Gasteiger partial charge is 0.244 e. The number of benzene rings is 3. The SMILES string of the molecule is CCCCNC(=O)[C@H](Cc1ccccc1)N(Cc1ccccc1)C(=O)CN(c1ccc2c(c1)OCO2)S(=O)(=O)CC. The van der Waals surface area contributed by atoms with E-state index in [2.05, 4.69) is 5.32 Å². The topological polar surface area (TPSA) is 105 Å². The monoisotopic (exact) mass is 579 g/mol. The lowest BCUT2D eigenvalue weighted by Crippen LogP contribution is -2.53. The zero-order chi connectivity index (χ0) is 29.2. The summed E-state index contributed by atoms with van der Waals surface area (Å²) in [7, 11) is -3.87. The minimum atomic E-state index is -3.87. The minimum Gasteiger partial charge on any atom is -0.454 e. The fourth-order valence-electron chi connectivity index (χ4n) is 4.60. The molecule has 1 atom stereocenters. The maximum Gasteiger partial charge on any atom is 0.244 e. The molecule has 0 spiro atoms. The van der Waals surface area contributed by atoms with E-state index in [0.29, 0.717) is 18.0 Å². The van der Waals surface area contributed by atoms with Crippen LogP contribution in [0.25, 0.3) is 0 Å². The minimum absolute atomic E-state index is 0.0391. The molecule has 218 valence electrons. The van der Waals surface area contributed by atoms with Gasteiger partial charge < -0.3 is 19.7 Å². The maximum absolute atomic E-state index is 14.2. The van der Waals surface area contributed by atoms with Crippen molar-refractivity contribution in [3.63, 3.8) is 0 Å². The van der Waals surface area contributed by atoms with Gasteiger partial charge in [-0.25, -0.2) is 8.42 Å². The van der Waals surface area contributed by atoms with E-state index < -0.39 is 28.5 Å². The molecule has 1 heterocycles. The van der Waals surface area contributed by atoms with Gasteiger partial charge in [-0.3, -0.25) is 13.9 Å². The normalized spacial score (nSPS) is 12.9. The molecule has 4 rings (SSSR count). The fourth-order valence-corrected chi connectivity index (χ4v) is 5.65. The second kappa shape index (κ2) is 14.0. The van der Waals surface area contributed by atoms with Gasteiger partial charge in [-0.15, -0.1) is 0 Å². The summed E-state index contributed by atoms with van der Waals surface area (Å²) >= 11 is 0. The maximum atomic E-state index is 14.2. The molecule has 0 radical (unpaired) electrons. The highest BCUT2D eigenvalue weighted by molar-refractivity contribution is 7.92. The van der Waals surface area contributed by atoms with Crippen LogP contribution in [0.4, 0.5) is 5.69 Å². The lowest BCUT2D eigenvalue weighted by atomic mass is 10.0. The van der Waals surface area contributed by atoms with E-state index in [9.17, 15) is 18.0 Å². The summed E-state index contributed by atoms with van der Waals surface area (Å²) in [5.41, 5.74) is 2.01. The Morgan fingerprint density at radius 1 is 0.902 bits per heavy atom. The van der Waals surface area contributed by atoms with E-state index in [1.807, 2.05) is 67.6 Å². The Balaban J connectivity index is 1.71. The van der Waals surface area contributed by atoms with E-state index in [-0.39, 0.29) is 37.1 Å². The summed E-state index contributed by atoms with van der Waals surface area (Å²) in [5, 5.41) is 2.98. The van der Waals surface area contributed by atoms with E-state index in [4.69, 9.17) is 9.47 Å². The van der Waals surface area contributed by atoms with Crippen molar-refractivity contribution in [3.05, 3.63) is 90.0 Å². The van der Waals surface area contributed by atoms with Crippen LogP contribution in [-0.4, -0.2) is 56.8 Å². The highest BCUT2D eigenvalue weighted by Crippen LogP contribution is 2.36. The van der Waals surface area contributed by atoms with Crippen molar-refractivity contribution < 1.29 is 27.5 Å². The molecule has 0 saturated carbocycles. The number of carbonyl (C=O) groups excluding carboxylic acids is 2. The van der Waals surface area contributed by atoms with Crippen LogP contribution in [0.1, 0.15) is 37.8 Å². The van der Waals surface area contributed by atoms with Gasteiger partial charge in [0.25, 0.3) is 0 Å². The summed E-state index contributed by atoms with van der Waals surface area (Å²) < 4.78 is 38.5. The van der Waals surface area contributed by atoms with Crippen LogP contribution < -0.4 is 19.1 Å². The Kier molecular flexibility index (Phi) is 10.2. The summed E-state index contributed by atoms with van der Waals surface area (Å²) in [6.45, 7) is 3.76. The molecule has 3 aromatic carbocycles. The summed E-state index contributed by atoms with van der Waals surface area (Å²) in [4.78, 5) is 29.3. The van der Waals surface area contributed by atoms with Crippen molar-refractivity contribution in [1.82, 2.24) is 10.2 Å². The number of nitrogens with one attached hydrogen (secondary N) is 1. The first-order valence-electron chi connectivity index (χ1n) is 13.9. The molecule has 1 N–H and O–H groups in total. The van der Waals surface area contributed by atoms with Crippen LogP contribution in [0.15, 0.2) is 78.9 Å². The van der Waals surface area contributed by atoms with Gasteiger partial charge in [-0.05, 0) is 36.6 Å². The predicted octanol–water partition coefficient (Wildman–Crippen LogP) is 4.13. The second-order valence-electron chi connectivity index (χ2n) is 9.80. The van der Waals surface area contributed by atoms with Gasteiger partial charge in [0.2, 0.25) is 28.6 Å². The first kappa shape index (κ1) is 29.9. The molecular formula is C31H37N3O6S. The molecule has 3 aromatic rings. The van der Waals surface area contributed by atoms with Gasteiger partial charge >= 0.3 is 0 Å². The quantitative estimate of drug-likeness (QED) is 0.288. The van der Waals surface area contributed by atoms with Crippen molar-refractivity contribution >= 4 is 27.5 Å². The highest BCUT2D eigenvalue weighted by atomic mass is 32.2. The zero-order valence-corrected chi connectivity index (χ0v) is 24.3. The standard InChI is InChI=1S/C31H37N3O6S/c1-3-5-18-32-31(36)27(19-24-12-8-6-9-13-24)33(21-25-14-10-7-11-15-25)30(35)22-34(41(37,38)4-2)26-16-17-28-29(20-26)40-23-39-28/h6-17,20,27H,3-5,18-19,21-23H2,1-2H3,(H,32,36)/t27-/m0/s1. The van der Waals surface area contributed by atoms with Gasteiger partial charge in [-0.2, -0.15) is 0 Å². The van der Waals surface area contributed by atoms with Crippen LogP contribution in [0.5, 0.6) is 11.5 Å². The van der Waals surface area contributed by atoms with Gasteiger partial charge in [0.15, 0.2) is 11.5 Å². The largest absolute Gasteiger partial charge is 0.454 e. The predicted molar refractivity (Wildman–Crippen MR) is 158 cm³/mol. The van der Waals surface area contributed by atoms with Gasteiger partial charge in [0.1, 0.15) is 12.6 Å². The Morgan fingerprint density at radius 2 is 1.56 bits per heavy atom. The highest BCUT2D eigenvalue weighted by Gasteiger charge is 2.34. The molecule has 1 aliphatic rings. The number of anilines is 1. The Morgan fingerprint density at radius 3 is 2.22 bits per heavy atom. The molecule has 0 aromatic heterocycles. The first-order chi connectivity index (χ1) is 19.8. The fraction of sp³-hybridized carbons (Fsp3) is 0.355. The van der Waals surface area contributed by atoms with E-state index in [1.165, 1.54) is 11.8 Å². The molecule has 0 fully saturated rings. The molecule has 41 heavy (non-hydrogen) atoms. The van der Waals surface area contributed by atoms with Crippen LogP contribution in [-0.2, 0) is 32.6 Å². The third kappa shape index (κ3) is 7.79. The molecule has 10 heteroatoms. The third-order valence-electron chi connectivity index (χ3n) is 6.92. The Labute approximate surface area is 242 Å². The number of rotatable bonds is 14. The third-order valence-corrected chi connectivity index (χ3v) is 8.66. The lowest BCUT2D eigenvalue weighted by molar-refractivity contribution is -0.140. The average molecular weight is 580 g/mol. The Bertz CT molecular complexity index is 1420. The summed E-state index contributed by atoms with van der Waals surface area (Å²) in [5.74, 6) is -0.0659. The first-order valence-corrected chi connectivity index (χ1v) is 15.5.